The van der Waals surface area contributed by atoms with Gasteiger partial charge in [-0.25, -0.2) is 0 Å². The summed E-state index contributed by atoms with van der Waals surface area (Å²) in [7, 11) is 3.66. The van der Waals surface area contributed by atoms with Gasteiger partial charge in [0.15, 0.2) is 0 Å². The average Bonchev–Trinajstić information content (AvgIpc) is 2.76. The number of hydrogen-bond acceptors (Lipinski definition) is 3. The Morgan fingerprint density at radius 2 is 2.28 bits per heavy atom. The molecule has 18 heavy (non-hydrogen) atoms. The normalized spacial score (nSPS) is 19.8. The van der Waals surface area contributed by atoms with E-state index >= 15 is 0 Å². The quantitative estimate of drug-likeness (QED) is 0.888. The van der Waals surface area contributed by atoms with Gasteiger partial charge in [0.05, 0.1) is 18.7 Å². The highest BCUT2D eigenvalue weighted by Gasteiger charge is 2.26. The molecule has 0 radical (unpaired) electrons. The van der Waals surface area contributed by atoms with Crippen LogP contribution >= 0.6 is 0 Å². The molecule has 1 unspecified atom stereocenters. The number of nitrogens with one attached hydrogen (secondary N) is 1. The van der Waals surface area contributed by atoms with E-state index in [9.17, 15) is 4.79 Å². The Morgan fingerprint density at radius 3 is 2.89 bits per heavy atom. The van der Waals surface area contributed by atoms with Gasteiger partial charge in [0.1, 0.15) is 5.75 Å². The number of benzene rings is 1. The fraction of sp³-hybridized carbons (Fsp3) is 0.500. The van der Waals surface area contributed by atoms with Gasteiger partial charge in [-0.3, -0.25) is 4.79 Å². The van der Waals surface area contributed by atoms with E-state index in [-0.39, 0.29) is 11.8 Å². The fourth-order valence-corrected chi connectivity index (χ4v) is 2.30. The third-order valence-corrected chi connectivity index (χ3v) is 3.37. The van der Waals surface area contributed by atoms with Gasteiger partial charge >= 0.3 is 0 Å². The first-order valence-electron chi connectivity index (χ1n) is 6.24. The van der Waals surface area contributed by atoms with Crippen LogP contribution in [0.1, 0.15) is 12.0 Å². The summed E-state index contributed by atoms with van der Waals surface area (Å²) in [5, 5.41) is 2.97. The minimum atomic E-state index is 0.0835. The van der Waals surface area contributed by atoms with Crippen LogP contribution in [0.15, 0.2) is 18.2 Å². The first kappa shape index (κ1) is 12.9. The molecule has 1 saturated heterocycles. The zero-order chi connectivity index (χ0) is 13.1. The highest BCUT2D eigenvalue weighted by atomic mass is 16.5. The van der Waals surface area contributed by atoms with Crippen molar-refractivity contribution >= 4 is 11.6 Å². The molecule has 0 bridgehead atoms. The molecule has 1 aromatic carbocycles. The highest BCUT2D eigenvalue weighted by molar-refractivity contribution is 5.94. The number of aryl methyl sites for hydroxylation is 1. The van der Waals surface area contributed by atoms with E-state index in [1.165, 1.54) is 0 Å². The number of likely N-dealkylation sites (tertiary alicyclic amines) is 1. The summed E-state index contributed by atoms with van der Waals surface area (Å²) in [6, 6.07) is 5.79. The largest absolute Gasteiger partial charge is 0.495 e. The SMILES string of the molecule is COc1ccc(C)cc1NC(=O)C1CCN(C)C1. The molecule has 1 amide bonds. The molecule has 1 aliphatic rings. The maximum absolute atomic E-state index is 12.1. The van der Waals surface area contributed by atoms with Crippen LogP contribution in [0.5, 0.6) is 5.75 Å². The van der Waals surface area contributed by atoms with Crippen LogP contribution in [0.3, 0.4) is 0 Å². The van der Waals surface area contributed by atoms with Gasteiger partial charge in [-0.2, -0.15) is 0 Å². The minimum Gasteiger partial charge on any atom is -0.495 e. The second-order valence-electron chi connectivity index (χ2n) is 4.94. The summed E-state index contributed by atoms with van der Waals surface area (Å²) >= 11 is 0. The summed E-state index contributed by atoms with van der Waals surface area (Å²) in [4.78, 5) is 14.3. The first-order chi connectivity index (χ1) is 8.60. The van der Waals surface area contributed by atoms with E-state index in [0.29, 0.717) is 5.75 Å². The van der Waals surface area contributed by atoms with Crippen molar-refractivity contribution in [3.05, 3.63) is 23.8 Å². The van der Waals surface area contributed by atoms with Crippen LogP contribution in [-0.2, 0) is 4.79 Å². The number of anilines is 1. The van der Waals surface area contributed by atoms with Gasteiger partial charge < -0.3 is 15.0 Å². The predicted octanol–water partition coefficient (Wildman–Crippen LogP) is 1.89. The fourth-order valence-electron chi connectivity index (χ4n) is 2.30. The Balaban J connectivity index is 2.09. The Kier molecular flexibility index (Phi) is 3.87. The lowest BCUT2D eigenvalue weighted by Crippen LogP contribution is -2.25. The molecular formula is C14H20N2O2. The average molecular weight is 248 g/mol. The van der Waals surface area contributed by atoms with Gasteiger partial charge in [0, 0.05) is 6.54 Å². The van der Waals surface area contributed by atoms with Crippen molar-refractivity contribution in [3.8, 4) is 5.75 Å². The van der Waals surface area contributed by atoms with Gasteiger partial charge in [-0.05, 0) is 44.6 Å². The molecule has 0 aliphatic carbocycles. The van der Waals surface area contributed by atoms with Crippen LogP contribution in [-0.4, -0.2) is 38.1 Å². The van der Waals surface area contributed by atoms with E-state index in [1.807, 2.05) is 32.2 Å². The Morgan fingerprint density at radius 1 is 1.50 bits per heavy atom. The summed E-state index contributed by atoms with van der Waals surface area (Å²) in [5.74, 6) is 0.878. The summed E-state index contributed by atoms with van der Waals surface area (Å²) < 4.78 is 5.26. The zero-order valence-electron chi connectivity index (χ0n) is 11.2. The topological polar surface area (TPSA) is 41.6 Å². The zero-order valence-corrected chi connectivity index (χ0v) is 11.2. The van der Waals surface area contributed by atoms with Gasteiger partial charge in [-0.1, -0.05) is 6.07 Å². The number of carbonyl (C=O) groups is 1. The molecular weight excluding hydrogens is 228 g/mol. The molecule has 1 aromatic rings. The third kappa shape index (κ3) is 2.82. The van der Waals surface area contributed by atoms with E-state index < -0.39 is 0 Å². The van der Waals surface area contributed by atoms with Crippen molar-refractivity contribution in [2.75, 3.05) is 32.6 Å². The number of amides is 1. The molecule has 4 nitrogen and oxygen atoms in total. The lowest BCUT2D eigenvalue weighted by molar-refractivity contribution is -0.119. The summed E-state index contributed by atoms with van der Waals surface area (Å²) in [5.41, 5.74) is 1.87. The van der Waals surface area contributed by atoms with Gasteiger partial charge in [0.2, 0.25) is 5.91 Å². The molecule has 1 atom stereocenters. The Hall–Kier alpha value is -1.55. The summed E-state index contributed by atoms with van der Waals surface area (Å²) in [6.07, 6.45) is 0.927. The molecule has 0 saturated carbocycles. The molecule has 0 aromatic heterocycles. The van der Waals surface area contributed by atoms with Gasteiger partial charge in [-0.15, -0.1) is 0 Å². The lowest BCUT2D eigenvalue weighted by Gasteiger charge is -2.14. The van der Waals surface area contributed by atoms with E-state index in [0.717, 1.165) is 30.8 Å². The maximum atomic E-state index is 12.1. The standard InChI is InChI=1S/C14H20N2O2/c1-10-4-5-13(18-3)12(8-10)15-14(17)11-6-7-16(2)9-11/h4-5,8,11H,6-7,9H2,1-3H3,(H,15,17). The molecule has 98 valence electrons. The predicted molar refractivity (Wildman–Crippen MR) is 72.0 cm³/mol. The lowest BCUT2D eigenvalue weighted by atomic mass is 10.1. The number of carbonyl (C=O) groups excluding carboxylic acids is 1. The Bertz CT molecular complexity index is 445. The monoisotopic (exact) mass is 248 g/mol. The molecule has 1 aliphatic heterocycles. The van der Waals surface area contributed by atoms with Crippen molar-refractivity contribution in [1.82, 2.24) is 4.90 Å². The molecule has 4 heteroatoms. The molecule has 2 rings (SSSR count). The minimum absolute atomic E-state index is 0.0835. The van der Waals surface area contributed by atoms with Crippen LogP contribution in [0, 0.1) is 12.8 Å². The smallest absolute Gasteiger partial charge is 0.228 e. The molecule has 1 fully saturated rings. The number of rotatable bonds is 3. The van der Waals surface area contributed by atoms with Crippen LogP contribution < -0.4 is 10.1 Å². The molecule has 1 heterocycles. The van der Waals surface area contributed by atoms with Crippen molar-refractivity contribution in [1.29, 1.82) is 0 Å². The third-order valence-electron chi connectivity index (χ3n) is 3.37. The molecule has 0 spiro atoms. The number of hydrogen-bond donors (Lipinski definition) is 1. The number of nitrogens with zero attached hydrogens (tertiary/aromatic N) is 1. The highest BCUT2D eigenvalue weighted by Crippen LogP contribution is 2.26. The van der Waals surface area contributed by atoms with E-state index in [2.05, 4.69) is 10.2 Å². The van der Waals surface area contributed by atoms with Crippen molar-refractivity contribution in [2.24, 2.45) is 5.92 Å². The number of ether oxygens (including phenoxy) is 1. The van der Waals surface area contributed by atoms with Crippen molar-refractivity contribution in [2.45, 2.75) is 13.3 Å². The summed E-state index contributed by atoms with van der Waals surface area (Å²) in [6.45, 7) is 3.82. The van der Waals surface area contributed by atoms with E-state index in [4.69, 9.17) is 4.74 Å². The van der Waals surface area contributed by atoms with Crippen LogP contribution in [0.25, 0.3) is 0 Å². The van der Waals surface area contributed by atoms with E-state index in [1.54, 1.807) is 7.11 Å². The first-order valence-corrected chi connectivity index (χ1v) is 6.24. The van der Waals surface area contributed by atoms with Crippen molar-refractivity contribution < 1.29 is 9.53 Å². The van der Waals surface area contributed by atoms with Crippen molar-refractivity contribution in [3.63, 3.8) is 0 Å². The maximum Gasteiger partial charge on any atom is 0.228 e. The second kappa shape index (κ2) is 5.40. The van der Waals surface area contributed by atoms with Crippen LogP contribution in [0.4, 0.5) is 5.69 Å². The second-order valence-corrected chi connectivity index (χ2v) is 4.94. The number of methoxy groups -OCH3 is 1. The van der Waals surface area contributed by atoms with Crippen LogP contribution in [0.2, 0.25) is 0 Å². The van der Waals surface area contributed by atoms with Gasteiger partial charge in [0.25, 0.3) is 0 Å². The molecule has 1 N–H and O–H groups in total. The Labute approximate surface area is 108 Å².